The number of hydrogen-bond donors (Lipinski definition) is 2. The summed E-state index contributed by atoms with van der Waals surface area (Å²) >= 11 is 0. The number of nitrogens with one attached hydrogen (secondary N) is 1. The molecule has 1 atom stereocenters. The molecule has 3 heteroatoms. The van der Waals surface area contributed by atoms with E-state index < -0.39 is 6.10 Å². The second-order valence-corrected chi connectivity index (χ2v) is 5.46. The first kappa shape index (κ1) is 14.9. The Bertz CT molecular complexity index is 152. The normalized spacial score (nSPS) is 14.6. The molecule has 0 bridgehead atoms. The first-order valence-corrected chi connectivity index (χ1v) is 5.84. The van der Waals surface area contributed by atoms with Gasteiger partial charge in [0.1, 0.15) is 0 Å². The minimum Gasteiger partial charge on any atom is -0.389 e. The molecule has 0 aliphatic carbocycles. The lowest BCUT2D eigenvalue weighted by Crippen LogP contribution is -2.34. The third kappa shape index (κ3) is 11.8. The zero-order valence-electron chi connectivity index (χ0n) is 10.8. The summed E-state index contributed by atoms with van der Waals surface area (Å²) in [5, 5.41) is 12.8. The molecule has 0 aliphatic rings. The van der Waals surface area contributed by atoms with Gasteiger partial charge in [0.2, 0.25) is 0 Å². The molecule has 0 fully saturated rings. The van der Waals surface area contributed by atoms with Crippen LogP contribution in [0.1, 0.15) is 41.0 Å². The van der Waals surface area contributed by atoms with Gasteiger partial charge in [0.25, 0.3) is 0 Å². The third-order valence-electron chi connectivity index (χ3n) is 1.99. The molecule has 0 rings (SSSR count). The van der Waals surface area contributed by atoms with Crippen molar-refractivity contribution in [1.29, 1.82) is 0 Å². The van der Waals surface area contributed by atoms with Crippen molar-refractivity contribution in [3.8, 4) is 0 Å². The van der Waals surface area contributed by atoms with Crippen molar-refractivity contribution in [2.75, 3.05) is 19.7 Å². The van der Waals surface area contributed by atoms with Gasteiger partial charge >= 0.3 is 0 Å². The molecule has 0 aromatic rings. The van der Waals surface area contributed by atoms with Crippen molar-refractivity contribution in [1.82, 2.24) is 5.32 Å². The molecule has 0 spiro atoms. The molecule has 0 heterocycles. The van der Waals surface area contributed by atoms with Crippen LogP contribution in [0.25, 0.3) is 0 Å². The molecule has 0 radical (unpaired) electrons. The fourth-order valence-corrected chi connectivity index (χ4v) is 1.06. The van der Waals surface area contributed by atoms with E-state index in [1.807, 2.05) is 20.8 Å². The number of rotatable bonds is 7. The monoisotopic (exact) mass is 217 g/mol. The Kier molecular flexibility index (Phi) is 7.14. The van der Waals surface area contributed by atoms with Crippen molar-refractivity contribution in [2.24, 2.45) is 5.92 Å². The minimum absolute atomic E-state index is 0.168. The van der Waals surface area contributed by atoms with Gasteiger partial charge in [-0.05, 0) is 39.7 Å². The molecule has 0 aromatic carbocycles. The molecule has 0 aliphatic heterocycles. The zero-order valence-corrected chi connectivity index (χ0v) is 10.8. The Morgan fingerprint density at radius 3 is 2.33 bits per heavy atom. The van der Waals surface area contributed by atoms with Gasteiger partial charge in [-0.25, -0.2) is 0 Å². The van der Waals surface area contributed by atoms with E-state index in [9.17, 15) is 5.11 Å². The van der Waals surface area contributed by atoms with Crippen LogP contribution in [0, 0.1) is 5.92 Å². The fraction of sp³-hybridized carbons (Fsp3) is 1.00. The van der Waals surface area contributed by atoms with E-state index in [1.54, 1.807) is 0 Å². The topological polar surface area (TPSA) is 41.5 Å². The molecular formula is C12H27NO2. The van der Waals surface area contributed by atoms with Crippen LogP contribution in [0.4, 0.5) is 0 Å². The summed E-state index contributed by atoms with van der Waals surface area (Å²) in [5.74, 6) is 0.709. The van der Waals surface area contributed by atoms with Gasteiger partial charge in [-0.3, -0.25) is 0 Å². The maximum Gasteiger partial charge on any atom is 0.0897 e. The smallest absolute Gasteiger partial charge is 0.0897 e. The first-order valence-electron chi connectivity index (χ1n) is 5.84. The van der Waals surface area contributed by atoms with Crippen LogP contribution in [-0.4, -0.2) is 36.5 Å². The van der Waals surface area contributed by atoms with Crippen LogP contribution >= 0.6 is 0 Å². The Morgan fingerprint density at radius 2 is 1.87 bits per heavy atom. The van der Waals surface area contributed by atoms with E-state index in [4.69, 9.17) is 4.74 Å². The molecule has 0 amide bonds. The quantitative estimate of drug-likeness (QED) is 0.639. The van der Waals surface area contributed by atoms with E-state index in [0.717, 1.165) is 13.0 Å². The second kappa shape index (κ2) is 7.20. The number of hydrogen-bond acceptors (Lipinski definition) is 3. The van der Waals surface area contributed by atoms with Crippen molar-refractivity contribution in [3.63, 3.8) is 0 Å². The average molecular weight is 217 g/mol. The highest BCUT2D eigenvalue weighted by molar-refractivity contribution is 4.64. The molecule has 92 valence electrons. The van der Waals surface area contributed by atoms with Crippen LogP contribution in [0.3, 0.4) is 0 Å². The molecule has 1 unspecified atom stereocenters. The van der Waals surface area contributed by atoms with Crippen LogP contribution < -0.4 is 5.32 Å². The third-order valence-corrected chi connectivity index (χ3v) is 1.99. The van der Waals surface area contributed by atoms with Gasteiger partial charge in [0.05, 0.1) is 18.3 Å². The predicted molar refractivity (Wildman–Crippen MR) is 64.0 cm³/mol. The van der Waals surface area contributed by atoms with Crippen molar-refractivity contribution in [3.05, 3.63) is 0 Å². The molecule has 15 heavy (non-hydrogen) atoms. The van der Waals surface area contributed by atoms with E-state index in [1.165, 1.54) is 0 Å². The molecule has 0 aromatic heterocycles. The Labute approximate surface area is 94.2 Å². The lowest BCUT2D eigenvalue weighted by Gasteiger charge is -2.22. The summed E-state index contributed by atoms with van der Waals surface area (Å²) in [5.41, 5.74) is -0.168. The minimum atomic E-state index is -0.406. The van der Waals surface area contributed by atoms with Gasteiger partial charge < -0.3 is 15.2 Å². The summed E-state index contributed by atoms with van der Waals surface area (Å²) in [6.07, 6.45) is 0.740. The molecular weight excluding hydrogens is 190 g/mol. The zero-order chi connectivity index (χ0) is 11.9. The van der Waals surface area contributed by atoms with E-state index >= 15 is 0 Å². The predicted octanol–water partition coefficient (Wildman–Crippen LogP) is 1.80. The van der Waals surface area contributed by atoms with Crippen LogP contribution in [0.15, 0.2) is 0 Å². The summed E-state index contributed by atoms with van der Waals surface area (Å²) in [6, 6.07) is 0. The van der Waals surface area contributed by atoms with Gasteiger partial charge in [0, 0.05) is 6.54 Å². The summed E-state index contributed by atoms with van der Waals surface area (Å²) in [4.78, 5) is 0. The first-order chi connectivity index (χ1) is 6.81. The average Bonchev–Trinajstić information content (AvgIpc) is 2.07. The maximum atomic E-state index is 9.59. The molecule has 0 saturated carbocycles. The summed E-state index contributed by atoms with van der Waals surface area (Å²) in [6.45, 7) is 12.3. The summed E-state index contributed by atoms with van der Waals surface area (Å²) in [7, 11) is 0. The molecule has 3 nitrogen and oxygen atoms in total. The second-order valence-electron chi connectivity index (χ2n) is 5.46. The standard InChI is InChI=1S/C12H27NO2/c1-10(2)6-7-13-8-11(14)9-15-12(3,4)5/h10-11,13-14H,6-9H2,1-5H3. The van der Waals surface area contributed by atoms with Crippen LogP contribution in [0.5, 0.6) is 0 Å². The van der Waals surface area contributed by atoms with Gasteiger partial charge in [-0.1, -0.05) is 13.8 Å². The highest BCUT2D eigenvalue weighted by Crippen LogP contribution is 2.06. The number of aliphatic hydroxyl groups is 1. The van der Waals surface area contributed by atoms with E-state index in [-0.39, 0.29) is 5.60 Å². The van der Waals surface area contributed by atoms with Gasteiger partial charge in [-0.2, -0.15) is 0 Å². The van der Waals surface area contributed by atoms with Crippen LogP contribution in [-0.2, 0) is 4.74 Å². The van der Waals surface area contributed by atoms with E-state index in [0.29, 0.717) is 19.1 Å². The summed E-state index contributed by atoms with van der Waals surface area (Å²) < 4.78 is 5.48. The Hall–Kier alpha value is -0.120. The van der Waals surface area contributed by atoms with Gasteiger partial charge in [0.15, 0.2) is 0 Å². The van der Waals surface area contributed by atoms with E-state index in [2.05, 4.69) is 19.2 Å². The highest BCUT2D eigenvalue weighted by Gasteiger charge is 2.13. The van der Waals surface area contributed by atoms with Gasteiger partial charge in [-0.15, -0.1) is 0 Å². The number of aliphatic hydroxyl groups excluding tert-OH is 1. The molecule has 2 N–H and O–H groups in total. The van der Waals surface area contributed by atoms with Crippen molar-refractivity contribution < 1.29 is 9.84 Å². The SMILES string of the molecule is CC(C)CCNCC(O)COC(C)(C)C. The lowest BCUT2D eigenvalue weighted by atomic mass is 10.1. The van der Waals surface area contributed by atoms with Crippen molar-refractivity contribution in [2.45, 2.75) is 52.7 Å². The number of ether oxygens (including phenoxy) is 1. The fourth-order valence-electron chi connectivity index (χ4n) is 1.06. The maximum absolute atomic E-state index is 9.59. The van der Waals surface area contributed by atoms with Crippen molar-refractivity contribution >= 4 is 0 Å². The Balaban J connectivity index is 3.38. The largest absolute Gasteiger partial charge is 0.389 e. The highest BCUT2D eigenvalue weighted by atomic mass is 16.5. The Morgan fingerprint density at radius 1 is 1.27 bits per heavy atom. The van der Waals surface area contributed by atoms with Crippen LogP contribution in [0.2, 0.25) is 0 Å². The lowest BCUT2D eigenvalue weighted by molar-refractivity contribution is -0.0478. The molecule has 0 saturated heterocycles.